The monoisotopic (exact) mass is 400 g/mol. The van der Waals surface area contributed by atoms with Crippen LogP contribution in [0.5, 0.6) is 0 Å². The Morgan fingerprint density at radius 2 is 1.96 bits per heavy atom. The number of benzene rings is 1. The van der Waals surface area contributed by atoms with Gasteiger partial charge in [0.05, 0.1) is 18.7 Å². The maximum atomic E-state index is 13.7. The zero-order valence-electron chi connectivity index (χ0n) is 15.9. The molecule has 1 aliphatic heterocycles. The standard InChI is InChI=1S/C18H23F3N4O3/c1-4-22-18(25-8-10(2)11(9-25)17(27)28-3)23-7-14(26)24-13-6-5-12(19)15(20)16(13)21/h5-6,10-11H,4,7-9H2,1-3H3,(H,22,23)(H,24,26). The Morgan fingerprint density at radius 3 is 2.61 bits per heavy atom. The summed E-state index contributed by atoms with van der Waals surface area (Å²) in [4.78, 5) is 29.9. The highest BCUT2D eigenvalue weighted by atomic mass is 19.2. The number of rotatable bonds is 5. The van der Waals surface area contributed by atoms with Gasteiger partial charge in [-0.3, -0.25) is 9.59 Å². The number of hydrogen-bond acceptors (Lipinski definition) is 4. The van der Waals surface area contributed by atoms with Crippen LogP contribution in [-0.4, -0.2) is 56.0 Å². The number of amides is 1. The smallest absolute Gasteiger partial charge is 0.310 e. The summed E-state index contributed by atoms with van der Waals surface area (Å²) in [6.07, 6.45) is 0. The first-order chi connectivity index (χ1) is 13.3. The molecule has 0 aromatic heterocycles. The maximum absolute atomic E-state index is 13.7. The number of carbonyl (C=O) groups excluding carboxylic acids is 2. The van der Waals surface area contributed by atoms with E-state index in [2.05, 4.69) is 15.6 Å². The molecule has 1 fully saturated rings. The number of carbonyl (C=O) groups is 2. The molecule has 2 rings (SSSR count). The molecule has 2 unspecified atom stereocenters. The minimum absolute atomic E-state index is 0.0430. The number of esters is 1. The van der Waals surface area contributed by atoms with Crippen LogP contribution in [0.4, 0.5) is 18.9 Å². The molecule has 1 aromatic rings. The molecule has 1 aromatic carbocycles. The first-order valence-electron chi connectivity index (χ1n) is 8.82. The Bertz CT molecular complexity index is 773. The Kier molecular flexibility index (Phi) is 7.24. The number of methoxy groups -OCH3 is 1. The van der Waals surface area contributed by atoms with E-state index in [0.29, 0.717) is 25.6 Å². The second kappa shape index (κ2) is 9.43. The first-order valence-corrected chi connectivity index (χ1v) is 8.82. The SMILES string of the molecule is CCNC(=NCC(=O)Nc1ccc(F)c(F)c1F)N1CC(C)C(C(=O)OC)C1. The molecule has 0 saturated carbocycles. The molecule has 1 heterocycles. The lowest BCUT2D eigenvalue weighted by atomic mass is 9.99. The first kappa shape index (κ1) is 21.5. The van der Waals surface area contributed by atoms with Crippen LogP contribution in [0.3, 0.4) is 0 Å². The summed E-state index contributed by atoms with van der Waals surface area (Å²) in [7, 11) is 1.33. The topological polar surface area (TPSA) is 83.0 Å². The minimum Gasteiger partial charge on any atom is -0.469 e. The summed E-state index contributed by atoms with van der Waals surface area (Å²) in [5, 5.41) is 5.19. The number of guanidine groups is 1. The lowest BCUT2D eigenvalue weighted by Gasteiger charge is -2.21. The van der Waals surface area contributed by atoms with E-state index in [1.807, 2.05) is 18.7 Å². The third kappa shape index (κ3) is 4.93. The molecule has 0 radical (unpaired) electrons. The molecule has 10 heteroatoms. The van der Waals surface area contributed by atoms with E-state index in [4.69, 9.17) is 4.74 Å². The van der Waals surface area contributed by atoms with Gasteiger partial charge in [0.1, 0.15) is 6.54 Å². The van der Waals surface area contributed by atoms with Gasteiger partial charge in [0.2, 0.25) is 5.91 Å². The van der Waals surface area contributed by atoms with Crippen molar-refractivity contribution >= 4 is 23.5 Å². The fourth-order valence-corrected chi connectivity index (χ4v) is 2.98. The average Bonchev–Trinajstić information content (AvgIpc) is 3.06. The Labute approximate surface area is 160 Å². The maximum Gasteiger partial charge on any atom is 0.310 e. The van der Waals surface area contributed by atoms with E-state index in [-0.39, 0.29) is 24.3 Å². The zero-order chi connectivity index (χ0) is 20.8. The van der Waals surface area contributed by atoms with Crippen LogP contribution in [0, 0.1) is 29.3 Å². The van der Waals surface area contributed by atoms with E-state index >= 15 is 0 Å². The molecule has 7 nitrogen and oxygen atoms in total. The van der Waals surface area contributed by atoms with Crippen molar-refractivity contribution in [3.63, 3.8) is 0 Å². The number of anilines is 1. The summed E-state index contributed by atoms with van der Waals surface area (Å²) in [6.45, 7) is 4.87. The van der Waals surface area contributed by atoms with Crippen LogP contribution in [0.2, 0.25) is 0 Å². The van der Waals surface area contributed by atoms with Crippen molar-refractivity contribution in [3.8, 4) is 0 Å². The van der Waals surface area contributed by atoms with E-state index in [0.717, 1.165) is 12.1 Å². The molecular formula is C18H23F3N4O3. The number of aliphatic imine (C=N–C) groups is 1. The second-order valence-corrected chi connectivity index (χ2v) is 6.45. The quantitative estimate of drug-likeness (QED) is 0.341. The highest BCUT2D eigenvalue weighted by Gasteiger charge is 2.36. The largest absolute Gasteiger partial charge is 0.469 e. The van der Waals surface area contributed by atoms with Crippen molar-refractivity contribution in [1.82, 2.24) is 10.2 Å². The molecule has 1 aliphatic rings. The minimum atomic E-state index is -1.66. The van der Waals surface area contributed by atoms with Gasteiger partial charge in [0, 0.05) is 19.6 Å². The lowest BCUT2D eigenvalue weighted by Crippen LogP contribution is -2.41. The number of nitrogens with one attached hydrogen (secondary N) is 2. The molecule has 0 aliphatic carbocycles. The third-order valence-corrected chi connectivity index (χ3v) is 4.43. The molecule has 0 spiro atoms. The van der Waals surface area contributed by atoms with Gasteiger partial charge in [-0.25, -0.2) is 18.2 Å². The molecule has 1 saturated heterocycles. The Balaban J connectivity index is 2.05. The van der Waals surface area contributed by atoms with Gasteiger partial charge in [-0.05, 0) is 25.0 Å². The Morgan fingerprint density at radius 1 is 1.25 bits per heavy atom. The molecule has 1 amide bonds. The third-order valence-electron chi connectivity index (χ3n) is 4.43. The summed E-state index contributed by atoms with van der Waals surface area (Å²) >= 11 is 0. The number of likely N-dealkylation sites (tertiary alicyclic amines) is 1. The van der Waals surface area contributed by atoms with Gasteiger partial charge in [0.25, 0.3) is 0 Å². The van der Waals surface area contributed by atoms with Crippen molar-refractivity contribution in [2.24, 2.45) is 16.8 Å². The van der Waals surface area contributed by atoms with Crippen molar-refractivity contribution < 1.29 is 27.5 Å². The van der Waals surface area contributed by atoms with Gasteiger partial charge in [-0.1, -0.05) is 6.92 Å². The second-order valence-electron chi connectivity index (χ2n) is 6.45. The molecule has 2 atom stereocenters. The van der Waals surface area contributed by atoms with E-state index in [1.165, 1.54) is 7.11 Å². The summed E-state index contributed by atoms with van der Waals surface area (Å²) in [5.74, 6) is -5.32. The number of halogens is 3. The van der Waals surface area contributed by atoms with Gasteiger partial charge >= 0.3 is 5.97 Å². The Hall–Kier alpha value is -2.78. The summed E-state index contributed by atoms with van der Waals surface area (Å²) in [5.41, 5.74) is -0.468. The van der Waals surface area contributed by atoms with Crippen LogP contribution in [0.1, 0.15) is 13.8 Å². The van der Waals surface area contributed by atoms with Gasteiger partial charge in [0.15, 0.2) is 23.4 Å². The van der Waals surface area contributed by atoms with Crippen molar-refractivity contribution in [1.29, 1.82) is 0 Å². The fourth-order valence-electron chi connectivity index (χ4n) is 2.98. The average molecular weight is 400 g/mol. The fraction of sp³-hybridized carbons (Fsp3) is 0.500. The van der Waals surface area contributed by atoms with Gasteiger partial charge < -0.3 is 20.3 Å². The van der Waals surface area contributed by atoms with Crippen LogP contribution >= 0.6 is 0 Å². The number of nitrogens with zero attached hydrogens (tertiary/aromatic N) is 2. The molecule has 0 bridgehead atoms. The highest BCUT2D eigenvalue weighted by Crippen LogP contribution is 2.24. The molecule has 2 N–H and O–H groups in total. The van der Waals surface area contributed by atoms with Crippen molar-refractivity contribution in [3.05, 3.63) is 29.6 Å². The van der Waals surface area contributed by atoms with Crippen LogP contribution in [0.25, 0.3) is 0 Å². The van der Waals surface area contributed by atoms with Crippen LogP contribution in [-0.2, 0) is 14.3 Å². The zero-order valence-corrected chi connectivity index (χ0v) is 15.9. The highest BCUT2D eigenvalue weighted by molar-refractivity contribution is 5.94. The summed E-state index contributed by atoms with van der Waals surface area (Å²) < 4.78 is 44.7. The van der Waals surface area contributed by atoms with Gasteiger partial charge in [-0.15, -0.1) is 0 Å². The molecular weight excluding hydrogens is 377 g/mol. The van der Waals surface area contributed by atoms with Crippen LogP contribution in [0.15, 0.2) is 17.1 Å². The van der Waals surface area contributed by atoms with E-state index in [1.54, 1.807) is 0 Å². The van der Waals surface area contributed by atoms with Crippen LogP contribution < -0.4 is 10.6 Å². The predicted octanol–water partition coefficient (Wildman–Crippen LogP) is 1.75. The van der Waals surface area contributed by atoms with Gasteiger partial charge in [-0.2, -0.15) is 0 Å². The lowest BCUT2D eigenvalue weighted by molar-refractivity contribution is -0.146. The van der Waals surface area contributed by atoms with E-state index in [9.17, 15) is 22.8 Å². The summed E-state index contributed by atoms with van der Waals surface area (Å²) in [6, 6.07) is 1.66. The number of hydrogen-bond donors (Lipinski definition) is 2. The van der Waals surface area contributed by atoms with Crippen molar-refractivity contribution in [2.45, 2.75) is 13.8 Å². The molecule has 28 heavy (non-hydrogen) atoms. The molecule has 154 valence electrons. The predicted molar refractivity (Wildman–Crippen MR) is 97.2 cm³/mol. The normalized spacial score (nSPS) is 19.5. The van der Waals surface area contributed by atoms with E-state index < -0.39 is 29.0 Å². The number of ether oxygens (including phenoxy) is 1. The van der Waals surface area contributed by atoms with Crippen molar-refractivity contribution in [2.75, 3.05) is 38.6 Å².